The molecule has 1 aliphatic heterocycles. The molecule has 6 heteroatoms. The van der Waals surface area contributed by atoms with E-state index in [2.05, 4.69) is 20.4 Å². The Kier molecular flexibility index (Phi) is 4.87. The molecule has 19 heavy (non-hydrogen) atoms. The molecule has 0 bridgehead atoms. The highest BCUT2D eigenvalue weighted by atomic mass is 35.5. The number of piperidine rings is 1. The quantitative estimate of drug-likeness (QED) is 0.931. The molecule has 0 aliphatic carbocycles. The van der Waals surface area contributed by atoms with Gasteiger partial charge in [-0.05, 0) is 31.0 Å². The molecule has 3 rings (SSSR count). The molecule has 2 aromatic rings. The Labute approximate surface area is 118 Å². The first-order valence-electron chi connectivity index (χ1n) is 6.34. The lowest BCUT2D eigenvalue weighted by atomic mass is 10.00. The SMILES string of the molecule is Cl.c1cncc(Cc2noc(C3CCCNC3)n2)c1. The summed E-state index contributed by atoms with van der Waals surface area (Å²) in [4.78, 5) is 8.56. The average molecular weight is 281 g/mol. The fourth-order valence-electron chi connectivity index (χ4n) is 2.25. The molecular formula is C13H17ClN4O. The summed E-state index contributed by atoms with van der Waals surface area (Å²) >= 11 is 0. The van der Waals surface area contributed by atoms with Gasteiger partial charge in [0.2, 0.25) is 5.89 Å². The summed E-state index contributed by atoms with van der Waals surface area (Å²) in [5.41, 5.74) is 1.10. The molecule has 1 saturated heterocycles. The molecule has 5 nitrogen and oxygen atoms in total. The van der Waals surface area contributed by atoms with E-state index in [1.807, 2.05) is 18.3 Å². The highest BCUT2D eigenvalue weighted by molar-refractivity contribution is 5.85. The molecule has 1 atom stereocenters. The van der Waals surface area contributed by atoms with Gasteiger partial charge in [-0.1, -0.05) is 11.2 Å². The zero-order valence-electron chi connectivity index (χ0n) is 10.6. The number of nitrogens with zero attached hydrogens (tertiary/aromatic N) is 3. The molecule has 0 aromatic carbocycles. The van der Waals surface area contributed by atoms with Crippen molar-refractivity contribution in [2.24, 2.45) is 0 Å². The van der Waals surface area contributed by atoms with Gasteiger partial charge in [0.05, 0.1) is 5.92 Å². The standard InChI is InChI=1S/C13H16N4O.ClH/c1-3-10(8-14-5-1)7-12-16-13(18-17-12)11-4-2-6-15-9-11;/h1,3,5,8,11,15H,2,4,6-7,9H2;1H. The zero-order valence-corrected chi connectivity index (χ0v) is 11.4. The van der Waals surface area contributed by atoms with E-state index >= 15 is 0 Å². The number of hydrogen-bond donors (Lipinski definition) is 1. The molecule has 1 fully saturated rings. The molecule has 1 unspecified atom stereocenters. The first-order valence-corrected chi connectivity index (χ1v) is 6.34. The summed E-state index contributed by atoms with van der Waals surface area (Å²) in [7, 11) is 0. The van der Waals surface area contributed by atoms with Crippen LogP contribution in [0.1, 0.15) is 36.0 Å². The van der Waals surface area contributed by atoms with Crippen molar-refractivity contribution < 1.29 is 4.52 Å². The Morgan fingerprint density at radius 3 is 3.11 bits per heavy atom. The number of pyridine rings is 1. The van der Waals surface area contributed by atoms with Crippen LogP contribution in [0.4, 0.5) is 0 Å². The average Bonchev–Trinajstić information content (AvgIpc) is 2.89. The van der Waals surface area contributed by atoms with Gasteiger partial charge in [-0.3, -0.25) is 4.98 Å². The van der Waals surface area contributed by atoms with E-state index in [4.69, 9.17) is 4.52 Å². The molecule has 0 amide bonds. The molecule has 102 valence electrons. The lowest BCUT2D eigenvalue weighted by Gasteiger charge is -2.18. The van der Waals surface area contributed by atoms with Gasteiger partial charge in [0.1, 0.15) is 0 Å². The third-order valence-electron chi connectivity index (χ3n) is 3.21. The first-order chi connectivity index (χ1) is 8.92. The van der Waals surface area contributed by atoms with Crippen molar-refractivity contribution in [3.05, 3.63) is 41.8 Å². The lowest BCUT2D eigenvalue weighted by Crippen LogP contribution is -2.28. The number of rotatable bonds is 3. The van der Waals surface area contributed by atoms with E-state index in [1.165, 1.54) is 6.42 Å². The topological polar surface area (TPSA) is 63.8 Å². The van der Waals surface area contributed by atoms with Crippen LogP contribution >= 0.6 is 12.4 Å². The van der Waals surface area contributed by atoms with Crippen molar-refractivity contribution in [1.29, 1.82) is 0 Å². The lowest BCUT2D eigenvalue weighted by molar-refractivity contribution is 0.320. The fourth-order valence-corrected chi connectivity index (χ4v) is 2.25. The summed E-state index contributed by atoms with van der Waals surface area (Å²) in [6.07, 6.45) is 6.57. The van der Waals surface area contributed by atoms with E-state index in [0.717, 1.165) is 36.8 Å². The summed E-state index contributed by atoms with van der Waals surface area (Å²) < 4.78 is 5.35. The molecular weight excluding hydrogens is 264 g/mol. The monoisotopic (exact) mass is 280 g/mol. The minimum absolute atomic E-state index is 0. The Bertz CT molecular complexity index is 496. The van der Waals surface area contributed by atoms with Crippen molar-refractivity contribution in [3.8, 4) is 0 Å². The predicted octanol–water partition coefficient (Wildman–Crippen LogP) is 1.94. The van der Waals surface area contributed by atoms with E-state index in [9.17, 15) is 0 Å². The van der Waals surface area contributed by atoms with E-state index in [0.29, 0.717) is 12.3 Å². The minimum Gasteiger partial charge on any atom is -0.339 e. The van der Waals surface area contributed by atoms with Crippen LogP contribution in [0.2, 0.25) is 0 Å². The minimum atomic E-state index is 0. The first kappa shape index (κ1) is 14.0. The van der Waals surface area contributed by atoms with Gasteiger partial charge >= 0.3 is 0 Å². The number of aromatic nitrogens is 3. The summed E-state index contributed by atoms with van der Waals surface area (Å²) in [5, 5.41) is 7.40. The predicted molar refractivity (Wildman–Crippen MR) is 73.4 cm³/mol. The third-order valence-corrected chi connectivity index (χ3v) is 3.21. The Morgan fingerprint density at radius 1 is 1.42 bits per heavy atom. The fraction of sp³-hybridized carbons (Fsp3) is 0.462. The van der Waals surface area contributed by atoms with Crippen molar-refractivity contribution in [3.63, 3.8) is 0 Å². The van der Waals surface area contributed by atoms with Gasteiger partial charge in [0, 0.05) is 25.4 Å². The maximum Gasteiger partial charge on any atom is 0.231 e. The summed E-state index contributed by atoms with van der Waals surface area (Å²) in [6.45, 7) is 2.03. The number of halogens is 1. The maximum absolute atomic E-state index is 5.35. The van der Waals surface area contributed by atoms with Crippen LogP contribution in [-0.4, -0.2) is 28.2 Å². The van der Waals surface area contributed by atoms with Crippen molar-refractivity contribution in [1.82, 2.24) is 20.4 Å². The Hall–Kier alpha value is -1.46. The van der Waals surface area contributed by atoms with Crippen LogP contribution < -0.4 is 5.32 Å². The highest BCUT2D eigenvalue weighted by Gasteiger charge is 2.21. The molecule has 0 saturated carbocycles. The van der Waals surface area contributed by atoms with Crippen molar-refractivity contribution in [2.75, 3.05) is 13.1 Å². The van der Waals surface area contributed by atoms with Crippen molar-refractivity contribution >= 4 is 12.4 Å². The second-order valence-electron chi connectivity index (χ2n) is 4.63. The van der Waals surface area contributed by atoms with Gasteiger partial charge in [0.25, 0.3) is 0 Å². The van der Waals surface area contributed by atoms with Crippen LogP contribution in [-0.2, 0) is 6.42 Å². The van der Waals surface area contributed by atoms with Crippen LogP contribution in [0.15, 0.2) is 29.0 Å². The van der Waals surface area contributed by atoms with Crippen LogP contribution in [0.3, 0.4) is 0 Å². The van der Waals surface area contributed by atoms with E-state index in [-0.39, 0.29) is 12.4 Å². The van der Waals surface area contributed by atoms with Crippen molar-refractivity contribution in [2.45, 2.75) is 25.2 Å². The van der Waals surface area contributed by atoms with Crippen LogP contribution in [0.25, 0.3) is 0 Å². The van der Waals surface area contributed by atoms with Gasteiger partial charge in [0.15, 0.2) is 5.82 Å². The summed E-state index contributed by atoms with van der Waals surface area (Å²) in [6, 6.07) is 3.94. The van der Waals surface area contributed by atoms with Gasteiger partial charge < -0.3 is 9.84 Å². The molecule has 3 heterocycles. The molecule has 0 radical (unpaired) electrons. The molecule has 0 spiro atoms. The highest BCUT2D eigenvalue weighted by Crippen LogP contribution is 2.21. The largest absolute Gasteiger partial charge is 0.339 e. The Morgan fingerprint density at radius 2 is 2.37 bits per heavy atom. The smallest absolute Gasteiger partial charge is 0.231 e. The maximum atomic E-state index is 5.35. The normalized spacial score (nSPS) is 18.8. The van der Waals surface area contributed by atoms with E-state index < -0.39 is 0 Å². The van der Waals surface area contributed by atoms with E-state index in [1.54, 1.807) is 6.20 Å². The molecule has 1 aliphatic rings. The van der Waals surface area contributed by atoms with Crippen LogP contribution in [0.5, 0.6) is 0 Å². The second kappa shape index (κ2) is 6.63. The Balaban J connectivity index is 0.00000133. The number of hydrogen-bond acceptors (Lipinski definition) is 5. The second-order valence-corrected chi connectivity index (χ2v) is 4.63. The molecule has 2 aromatic heterocycles. The third kappa shape index (κ3) is 3.52. The zero-order chi connectivity index (χ0) is 12.2. The summed E-state index contributed by atoms with van der Waals surface area (Å²) in [5.74, 6) is 1.87. The van der Waals surface area contributed by atoms with Gasteiger partial charge in [-0.15, -0.1) is 12.4 Å². The van der Waals surface area contributed by atoms with Gasteiger partial charge in [-0.2, -0.15) is 4.98 Å². The van der Waals surface area contributed by atoms with Crippen LogP contribution in [0, 0.1) is 0 Å². The number of nitrogens with one attached hydrogen (secondary N) is 1. The van der Waals surface area contributed by atoms with Gasteiger partial charge in [-0.25, -0.2) is 0 Å². The molecule has 1 N–H and O–H groups in total.